The molecule has 2 aromatic rings. The standard InChI is InChI=1S/C25H34O/c26-25-11-9-7-5-3-1-2-4-6-8-10-21-12-14-22(15-13-21)20-23-16-18-24(25)19-17-23/h12-19,25-26H,1-11,20H2. The smallest absolute Gasteiger partial charge is 0.0790 e. The lowest BCUT2D eigenvalue weighted by molar-refractivity contribution is 0.163. The van der Waals surface area contributed by atoms with E-state index in [0.29, 0.717) is 0 Å². The molecule has 0 radical (unpaired) electrons. The number of aryl methyl sites for hydroxylation is 1. The van der Waals surface area contributed by atoms with Gasteiger partial charge in [-0.25, -0.2) is 0 Å². The van der Waals surface area contributed by atoms with Gasteiger partial charge in [0.2, 0.25) is 0 Å². The Labute approximate surface area is 159 Å². The van der Waals surface area contributed by atoms with Crippen molar-refractivity contribution < 1.29 is 5.11 Å². The third kappa shape index (κ3) is 6.29. The third-order valence-electron chi connectivity index (χ3n) is 5.74. The van der Waals surface area contributed by atoms with Crippen LogP contribution < -0.4 is 0 Å². The SMILES string of the molecule is OC1CCCCCCCCCCCc2ccc(cc2)Cc2ccc1cc2. The molecule has 0 saturated carbocycles. The molecule has 26 heavy (non-hydrogen) atoms. The van der Waals surface area contributed by atoms with E-state index in [9.17, 15) is 5.11 Å². The monoisotopic (exact) mass is 350 g/mol. The summed E-state index contributed by atoms with van der Waals surface area (Å²) in [6, 6.07) is 17.7. The molecule has 1 atom stereocenters. The summed E-state index contributed by atoms with van der Waals surface area (Å²) in [5, 5.41) is 10.4. The molecular formula is C25H34O. The van der Waals surface area contributed by atoms with Crippen LogP contribution in [0.1, 0.15) is 92.6 Å². The predicted octanol–water partition coefficient (Wildman–Crippen LogP) is 6.77. The van der Waals surface area contributed by atoms with E-state index < -0.39 is 0 Å². The quantitative estimate of drug-likeness (QED) is 0.556. The first kappa shape index (κ1) is 19.2. The maximum Gasteiger partial charge on any atom is 0.0790 e. The van der Waals surface area contributed by atoms with Crippen LogP contribution in [0, 0.1) is 0 Å². The van der Waals surface area contributed by atoms with Gasteiger partial charge in [0.1, 0.15) is 0 Å². The van der Waals surface area contributed by atoms with Crippen molar-refractivity contribution in [3.05, 3.63) is 70.8 Å². The van der Waals surface area contributed by atoms with E-state index in [1.807, 2.05) is 0 Å². The van der Waals surface area contributed by atoms with Crippen molar-refractivity contribution in [2.45, 2.75) is 83.2 Å². The molecule has 3 aliphatic carbocycles. The van der Waals surface area contributed by atoms with Crippen molar-refractivity contribution in [3.8, 4) is 0 Å². The predicted molar refractivity (Wildman–Crippen MR) is 111 cm³/mol. The van der Waals surface area contributed by atoms with Crippen LogP contribution in [0.15, 0.2) is 48.5 Å². The minimum atomic E-state index is -0.308. The Balaban J connectivity index is 1.64. The molecule has 3 aliphatic rings. The van der Waals surface area contributed by atoms with Crippen molar-refractivity contribution >= 4 is 0 Å². The van der Waals surface area contributed by atoms with Gasteiger partial charge in [-0.3, -0.25) is 0 Å². The topological polar surface area (TPSA) is 20.2 Å². The second-order valence-electron chi connectivity index (χ2n) is 7.97. The molecule has 1 nitrogen and oxygen atoms in total. The molecule has 0 spiro atoms. The summed E-state index contributed by atoms with van der Waals surface area (Å²) in [6.45, 7) is 0. The van der Waals surface area contributed by atoms with Crippen molar-refractivity contribution in [2.75, 3.05) is 0 Å². The lowest BCUT2D eigenvalue weighted by Gasteiger charge is -2.12. The molecule has 2 aromatic carbocycles. The average Bonchev–Trinajstić information content (AvgIpc) is 2.67. The van der Waals surface area contributed by atoms with E-state index >= 15 is 0 Å². The van der Waals surface area contributed by atoms with Gasteiger partial charge < -0.3 is 5.11 Å². The van der Waals surface area contributed by atoms with E-state index in [4.69, 9.17) is 0 Å². The fourth-order valence-corrected chi connectivity index (χ4v) is 3.99. The highest BCUT2D eigenvalue weighted by molar-refractivity contribution is 5.31. The Bertz CT molecular complexity index is 626. The fraction of sp³-hybridized carbons (Fsp3) is 0.520. The summed E-state index contributed by atoms with van der Waals surface area (Å²) in [7, 11) is 0. The first-order chi connectivity index (χ1) is 12.8. The average molecular weight is 351 g/mol. The summed E-state index contributed by atoms with van der Waals surface area (Å²) in [4.78, 5) is 0. The zero-order valence-corrected chi connectivity index (χ0v) is 16.1. The van der Waals surface area contributed by atoms with Gasteiger partial charge in [-0.15, -0.1) is 0 Å². The first-order valence-electron chi connectivity index (χ1n) is 10.7. The van der Waals surface area contributed by atoms with Crippen molar-refractivity contribution in [1.82, 2.24) is 0 Å². The van der Waals surface area contributed by atoms with Gasteiger partial charge in [-0.2, -0.15) is 0 Å². The van der Waals surface area contributed by atoms with Crippen LogP contribution in [0.3, 0.4) is 0 Å². The lowest BCUT2D eigenvalue weighted by Crippen LogP contribution is -1.98. The zero-order chi connectivity index (χ0) is 18.0. The van der Waals surface area contributed by atoms with E-state index in [0.717, 1.165) is 24.8 Å². The highest BCUT2D eigenvalue weighted by Crippen LogP contribution is 2.22. The van der Waals surface area contributed by atoms with Crippen LogP contribution in [0.2, 0.25) is 0 Å². The molecule has 0 saturated heterocycles. The van der Waals surface area contributed by atoms with Gasteiger partial charge in [0.15, 0.2) is 0 Å². The number of hydrogen-bond acceptors (Lipinski definition) is 1. The molecule has 0 fully saturated rings. The Kier molecular flexibility index (Phi) is 7.76. The maximum absolute atomic E-state index is 10.4. The summed E-state index contributed by atoms with van der Waals surface area (Å²) in [5.41, 5.74) is 5.22. The van der Waals surface area contributed by atoms with Crippen LogP contribution in [-0.4, -0.2) is 5.11 Å². The molecule has 5 rings (SSSR count). The highest BCUT2D eigenvalue weighted by atomic mass is 16.3. The van der Waals surface area contributed by atoms with Crippen LogP contribution in [-0.2, 0) is 12.8 Å². The molecule has 0 aliphatic heterocycles. The lowest BCUT2D eigenvalue weighted by atomic mass is 9.98. The van der Waals surface area contributed by atoms with Crippen LogP contribution >= 0.6 is 0 Å². The van der Waals surface area contributed by atoms with E-state index in [1.165, 1.54) is 74.5 Å². The van der Waals surface area contributed by atoms with Gasteiger partial charge in [0.05, 0.1) is 6.10 Å². The van der Waals surface area contributed by atoms with Crippen molar-refractivity contribution in [1.29, 1.82) is 0 Å². The normalized spacial score (nSPS) is 20.6. The molecule has 0 amide bonds. The maximum atomic E-state index is 10.4. The van der Waals surface area contributed by atoms with Gasteiger partial charge >= 0.3 is 0 Å². The first-order valence-corrected chi connectivity index (χ1v) is 10.7. The molecule has 1 heteroatoms. The number of fused-ring (bicyclic) bond motifs is 2. The van der Waals surface area contributed by atoms with Crippen molar-refractivity contribution in [2.24, 2.45) is 0 Å². The summed E-state index contributed by atoms with van der Waals surface area (Å²) < 4.78 is 0. The number of aliphatic hydroxyl groups is 1. The summed E-state index contributed by atoms with van der Waals surface area (Å²) in [5.74, 6) is 0. The minimum Gasteiger partial charge on any atom is -0.388 e. The number of benzene rings is 2. The van der Waals surface area contributed by atoms with Gasteiger partial charge in [0, 0.05) is 0 Å². The molecule has 4 bridgehead atoms. The number of hydrogen-bond donors (Lipinski definition) is 1. The molecular weight excluding hydrogens is 316 g/mol. The number of rotatable bonds is 0. The summed E-state index contributed by atoms with van der Waals surface area (Å²) >= 11 is 0. The van der Waals surface area contributed by atoms with Crippen LogP contribution in [0.25, 0.3) is 0 Å². The molecule has 1 unspecified atom stereocenters. The van der Waals surface area contributed by atoms with Gasteiger partial charge in [-0.1, -0.05) is 99.9 Å². The van der Waals surface area contributed by atoms with E-state index in [-0.39, 0.29) is 6.10 Å². The van der Waals surface area contributed by atoms with Gasteiger partial charge in [0.25, 0.3) is 0 Å². The Hall–Kier alpha value is -1.60. The zero-order valence-electron chi connectivity index (χ0n) is 16.1. The van der Waals surface area contributed by atoms with Crippen molar-refractivity contribution in [3.63, 3.8) is 0 Å². The second-order valence-corrected chi connectivity index (χ2v) is 7.97. The van der Waals surface area contributed by atoms with E-state index in [1.54, 1.807) is 0 Å². The molecule has 0 heterocycles. The molecule has 0 aromatic heterocycles. The number of aliphatic hydroxyl groups excluding tert-OH is 1. The highest BCUT2D eigenvalue weighted by Gasteiger charge is 2.07. The molecule has 1 N–H and O–H groups in total. The summed E-state index contributed by atoms with van der Waals surface area (Å²) in [6.07, 6.45) is 14.6. The Morgan fingerprint density at radius 3 is 1.62 bits per heavy atom. The van der Waals surface area contributed by atoms with Crippen LogP contribution in [0.4, 0.5) is 0 Å². The largest absolute Gasteiger partial charge is 0.388 e. The fourth-order valence-electron chi connectivity index (χ4n) is 3.99. The van der Waals surface area contributed by atoms with E-state index in [2.05, 4.69) is 48.5 Å². The van der Waals surface area contributed by atoms with Crippen LogP contribution in [0.5, 0.6) is 0 Å². The Morgan fingerprint density at radius 2 is 1.00 bits per heavy atom. The van der Waals surface area contributed by atoms with Gasteiger partial charge in [-0.05, 0) is 47.9 Å². The Morgan fingerprint density at radius 1 is 0.538 bits per heavy atom. The molecule has 140 valence electrons. The third-order valence-corrected chi connectivity index (χ3v) is 5.74. The second kappa shape index (κ2) is 10.5. The minimum absolute atomic E-state index is 0.308.